The van der Waals surface area contributed by atoms with Crippen LogP contribution in [0.5, 0.6) is 0 Å². The fourth-order valence-corrected chi connectivity index (χ4v) is 9.78. The van der Waals surface area contributed by atoms with Gasteiger partial charge in [-0.05, 0) is 39.6 Å². The summed E-state index contributed by atoms with van der Waals surface area (Å²) in [5.41, 5.74) is 0. The third kappa shape index (κ3) is 8.11. The maximum Gasteiger partial charge on any atom is 0.261 e. The van der Waals surface area contributed by atoms with Crippen molar-refractivity contribution in [1.29, 1.82) is 0 Å². The quantitative estimate of drug-likeness (QED) is 0.255. The molecule has 0 aliphatic heterocycles. The second-order valence-electron chi connectivity index (χ2n) is 11.6. The van der Waals surface area contributed by atoms with Gasteiger partial charge in [0.1, 0.15) is 0 Å². The van der Waals surface area contributed by atoms with E-state index in [2.05, 4.69) is 109 Å². The van der Waals surface area contributed by atoms with E-state index in [1.54, 1.807) is 0 Å². The van der Waals surface area contributed by atoms with E-state index in [-0.39, 0.29) is 5.04 Å². The molecule has 0 bridgehead atoms. The number of rotatable bonds is 14. The highest BCUT2D eigenvalue weighted by Crippen LogP contribution is 2.37. The Kier molecular flexibility index (Phi) is 11.4. The van der Waals surface area contributed by atoms with Crippen LogP contribution < -0.4 is 10.4 Å². The van der Waals surface area contributed by atoms with Crippen LogP contribution in [0.25, 0.3) is 0 Å². The van der Waals surface area contributed by atoms with Crippen LogP contribution in [-0.2, 0) is 4.43 Å². The lowest BCUT2D eigenvalue weighted by molar-refractivity contribution is 0.232. The molecule has 2 aromatic rings. The topological polar surface area (TPSA) is 9.23 Å². The SMILES string of the molecule is CC[C@@H](C)CCC[C@@H](C)CCC[C@@H](C)CO[Si](c1ccccc1)(c1ccccc1)C(C)(C)C. The summed E-state index contributed by atoms with van der Waals surface area (Å²) in [6, 6.07) is 22.1. The Morgan fingerprint density at radius 3 is 1.52 bits per heavy atom. The number of hydrogen-bond acceptors (Lipinski definition) is 1. The zero-order valence-corrected chi connectivity index (χ0v) is 23.6. The molecule has 0 saturated carbocycles. The number of benzene rings is 2. The molecule has 0 spiro atoms. The van der Waals surface area contributed by atoms with E-state index in [0.717, 1.165) is 18.4 Å². The maximum absolute atomic E-state index is 7.13. The van der Waals surface area contributed by atoms with Crippen molar-refractivity contribution >= 4 is 18.7 Å². The van der Waals surface area contributed by atoms with Crippen molar-refractivity contribution in [2.24, 2.45) is 17.8 Å². The van der Waals surface area contributed by atoms with E-state index in [1.807, 2.05) is 0 Å². The first-order chi connectivity index (χ1) is 15.7. The predicted octanol–water partition coefficient (Wildman–Crippen LogP) is 8.22. The summed E-state index contributed by atoms with van der Waals surface area (Å²) in [5, 5.41) is 2.82. The van der Waals surface area contributed by atoms with Crippen molar-refractivity contribution in [3.05, 3.63) is 60.7 Å². The van der Waals surface area contributed by atoms with E-state index in [9.17, 15) is 0 Å². The molecule has 0 heterocycles. The Morgan fingerprint density at radius 1 is 0.667 bits per heavy atom. The third-order valence-electron chi connectivity index (χ3n) is 7.49. The maximum atomic E-state index is 7.13. The van der Waals surface area contributed by atoms with Crippen molar-refractivity contribution in [2.45, 2.75) is 98.5 Å². The zero-order valence-electron chi connectivity index (χ0n) is 22.6. The summed E-state index contributed by atoms with van der Waals surface area (Å²) in [6.45, 7) is 17.5. The molecule has 3 atom stereocenters. The molecule has 2 aromatic carbocycles. The summed E-state index contributed by atoms with van der Waals surface area (Å²) in [4.78, 5) is 0. The molecule has 0 aliphatic carbocycles. The molecule has 0 radical (unpaired) electrons. The highest BCUT2D eigenvalue weighted by molar-refractivity contribution is 6.99. The lowest BCUT2D eigenvalue weighted by Gasteiger charge is -2.43. The third-order valence-corrected chi connectivity index (χ3v) is 12.5. The van der Waals surface area contributed by atoms with Gasteiger partial charge in [0.15, 0.2) is 0 Å². The van der Waals surface area contributed by atoms with Gasteiger partial charge in [-0.3, -0.25) is 0 Å². The van der Waals surface area contributed by atoms with Gasteiger partial charge in [-0.1, -0.05) is 148 Å². The molecule has 2 rings (SSSR count). The Balaban J connectivity index is 2.01. The van der Waals surface area contributed by atoms with Gasteiger partial charge in [-0.25, -0.2) is 0 Å². The second-order valence-corrected chi connectivity index (χ2v) is 15.9. The summed E-state index contributed by atoms with van der Waals surface area (Å²) in [6.07, 6.45) is 9.41. The molecule has 2 heteroatoms. The van der Waals surface area contributed by atoms with Gasteiger partial charge in [-0.15, -0.1) is 0 Å². The first-order valence-electron chi connectivity index (χ1n) is 13.5. The Labute approximate surface area is 206 Å². The zero-order chi connectivity index (χ0) is 24.3. The van der Waals surface area contributed by atoms with Crippen LogP contribution in [0.1, 0.15) is 93.4 Å². The first kappa shape index (κ1) is 27.9. The van der Waals surface area contributed by atoms with Gasteiger partial charge in [0, 0.05) is 6.61 Å². The Bertz CT molecular complexity index is 725. The van der Waals surface area contributed by atoms with Crippen molar-refractivity contribution in [2.75, 3.05) is 6.61 Å². The van der Waals surface area contributed by atoms with Gasteiger partial charge >= 0.3 is 0 Å². The molecule has 33 heavy (non-hydrogen) atoms. The summed E-state index contributed by atoms with van der Waals surface area (Å²) < 4.78 is 7.13. The normalized spacial score (nSPS) is 15.2. The molecule has 0 aliphatic rings. The molecule has 0 aromatic heterocycles. The van der Waals surface area contributed by atoms with Gasteiger partial charge in [0.2, 0.25) is 0 Å². The average molecular weight is 467 g/mol. The molecule has 0 fully saturated rings. The summed E-state index contributed by atoms with van der Waals surface area (Å²) >= 11 is 0. The van der Waals surface area contributed by atoms with Crippen molar-refractivity contribution < 1.29 is 4.43 Å². The van der Waals surface area contributed by atoms with Crippen molar-refractivity contribution in [3.8, 4) is 0 Å². The molecular weight excluding hydrogens is 416 g/mol. The van der Waals surface area contributed by atoms with Crippen LogP contribution in [0.3, 0.4) is 0 Å². The lowest BCUT2D eigenvalue weighted by Crippen LogP contribution is -2.66. The molecule has 184 valence electrons. The van der Waals surface area contributed by atoms with Gasteiger partial charge in [0.25, 0.3) is 8.32 Å². The van der Waals surface area contributed by atoms with E-state index in [0.29, 0.717) is 5.92 Å². The molecule has 0 N–H and O–H groups in total. The summed E-state index contributed by atoms with van der Waals surface area (Å²) in [5.74, 6) is 2.31. The molecule has 0 unspecified atom stereocenters. The largest absolute Gasteiger partial charge is 0.407 e. The Morgan fingerprint density at radius 2 is 1.09 bits per heavy atom. The molecule has 0 saturated heterocycles. The molecule has 0 amide bonds. The average Bonchev–Trinajstić information content (AvgIpc) is 2.80. The smallest absolute Gasteiger partial charge is 0.261 e. The van der Waals surface area contributed by atoms with E-state index >= 15 is 0 Å². The van der Waals surface area contributed by atoms with E-state index in [1.165, 1.54) is 55.3 Å². The lowest BCUT2D eigenvalue weighted by atomic mass is 9.93. The minimum absolute atomic E-state index is 0.0551. The fourth-order valence-electron chi connectivity index (χ4n) is 5.09. The van der Waals surface area contributed by atoms with Gasteiger partial charge in [-0.2, -0.15) is 0 Å². The van der Waals surface area contributed by atoms with Crippen molar-refractivity contribution in [3.63, 3.8) is 0 Å². The highest BCUT2D eigenvalue weighted by atomic mass is 28.4. The van der Waals surface area contributed by atoms with Crippen LogP contribution in [0.2, 0.25) is 5.04 Å². The highest BCUT2D eigenvalue weighted by Gasteiger charge is 2.50. The van der Waals surface area contributed by atoms with Crippen molar-refractivity contribution in [1.82, 2.24) is 0 Å². The van der Waals surface area contributed by atoms with Crippen LogP contribution in [0.15, 0.2) is 60.7 Å². The number of hydrogen-bond donors (Lipinski definition) is 0. The minimum Gasteiger partial charge on any atom is -0.407 e. The second kappa shape index (κ2) is 13.5. The monoisotopic (exact) mass is 466 g/mol. The van der Waals surface area contributed by atoms with Gasteiger partial charge in [0.05, 0.1) is 0 Å². The van der Waals surface area contributed by atoms with Crippen LogP contribution >= 0.6 is 0 Å². The molecule has 1 nitrogen and oxygen atoms in total. The van der Waals surface area contributed by atoms with Crippen LogP contribution in [-0.4, -0.2) is 14.9 Å². The fraction of sp³-hybridized carbons (Fsp3) is 0.613. The van der Waals surface area contributed by atoms with E-state index < -0.39 is 8.32 Å². The van der Waals surface area contributed by atoms with Crippen LogP contribution in [0, 0.1) is 17.8 Å². The standard InChI is InChI=1S/C31H50OSi/c1-8-26(2)17-15-18-27(3)19-16-20-28(4)25-32-33(31(5,6)7,29-21-11-9-12-22-29)30-23-13-10-14-24-30/h9-14,21-24,26-28H,8,15-20,25H2,1-7H3/t26-,27-,28-/m1/s1. The summed E-state index contributed by atoms with van der Waals surface area (Å²) in [7, 11) is -2.41. The Hall–Kier alpha value is -1.38. The van der Waals surface area contributed by atoms with Gasteiger partial charge < -0.3 is 4.43 Å². The minimum atomic E-state index is -2.41. The molecular formula is C31H50OSi. The van der Waals surface area contributed by atoms with Crippen LogP contribution in [0.4, 0.5) is 0 Å². The predicted molar refractivity (Wildman–Crippen MR) is 149 cm³/mol. The first-order valence-corrected chi connectivity index (χ1v) is 15.4. The van der Waals surface area contributed by atoms with E-state index in [4.69, 9.17) is 4.43 Å².